The van der Waals surface area contributed by atoms with Crippen molar-refractivity contribution < 1.29 is 12.8 Å². The lowest BCUT2D eigenvalue weighted by molar-refractivity contribution is 0.599. The molecule has 0 aliphatic heterocycles. The van der Waals surface area contributed by atoms with E-state index >= 15 is 0 Å². The summed E-state index contributed by atoms with van der Waals surface area (Å²) in [5.74, 6) is -0.496. The first-order valence-electron chi connectivity index (χ1n) is 7.84. The van der Waals surface area contributed by atoms with Crippen molar-refractivity contribution in [1.29, 1.82) is 0 Å². The minimum absolute atomic E-state index is 0.0171. The van der Waals surface area contributed by atoms with Crippen LogP contribution in [0.15, 0.2) is 53.4 Å². The second kappa shape index (κ2) is 7.09. The monoisotopic (exact) mass is 393 g/mol. The van der Waals surface area contributed by atoms with Crippen LogP contribution in [0.1, 0.15) is 17.0 Å². The number of sulfonamides is 1. The minimum Gasteiger partial charge on any atom is -0.276 e. The fraction of sp³-hybridized carbons (Fsp3) is 0.167. The number of benzene rings is 2. The van der Waals surface area contributed by atoms with Crippen LogP contribution in [0.3, 0.4) is 0 Å². The molecule has 1 aromatic heterocycles. The van der Waals surface area contributed by atoms with Gasteiger partial charge in [0.1, 0.15) is 5.82 Å². The summed E-state index contributed by atoms with van der Waals surface area (Å²) in [7, 11) is -3.84. The van der Waals surface area contributed by atoms with Crippen LogP contribution in [-0.4, -0.2) is 18.2 Å². The Balaban J connectivity index is 1.91. The molecule has 3 aromatic rings. The molecule has 8 heteroatoms. The van der Waals surface area contributed by atoms with Crippen molar-refractivity contribution in [3.8, 4) is 0 Å². The van der Waals surface area contributed by atoms with E-state index in [1.54, 1.807) is 24.6 Å². The third-order valence-electron chi connectivity index (χ3n) is 4.02. The third kappa shape index (κ3) is 3.73. The molecule has 0 bridgehead atoms. The highest BCUT2D eigenvalue weighted by Gasteiger charge is 2.20. The molecule has 0 amide bonds. The number of halogens is 2. The van der Waals surface area contributed by atoms with Gasteiger partial charge in [0.15, 0.2) is 0 Å². The number of aryl methyl sites for hydroxylation is 1. The van der Waals surface area contributed by atoms with Crippen molar-refractivity contribution in [3.05, 3.63) is 76.3 Å². The molecule has 3 rings (SSSR count). The molecule has 0 aliphatic carbocycles. The molecule has 2 aromatic carbocycles. The first kappa shape index (κ1) is 18.4. The maximum Gasteiger partial charge on any atom is 0.262 e. The van der Waals surface area contributed by atoms with Crippen molar-refractivity contribution in [2.75, 3.05) is 4.72 Å². The van der Waals surface area contributed by atoms with Crippen molar-refractivity contribution >= 4 is 27.3 Å². The van der Waals surface area contributed by atoms with Crippen LogP contribution in [0, 0.1) is 19.7 Å². The number of anilines is 1. The molecule has 0 saturated carbocycles. The topological polar surface area (TPSA) is 64.0 Å². The van der Waals surface area contributed by atoms with Crippen molar-refractivity contribution in [2.24, 2.45) is 0 Å². The molecule has 1 N–H and O–H groups in total. The highest BCUT2D eigenvalue weighted by molar-refractivity contribution is 7.92. The van der Waals surface area contributed by atoms with Crippen LogP contribution in [0.4, 0.5) is 10.1 Å². The van der Waals surface area contributed by atoms with Crippen molar-refractivity contribution in [3.63, 3.8) is 0 Å². The Morgan fingerprint density at radius 3 is 2.42 bits per heavy atom. The average Bonchev–Trinajstić information content (AvgIpc) is 2.84. The Kier molecular flexibility index (Phi) is 5.02. The Morgan fingerprint density at radius 1 is 1.12 bits per heavy atom. The fourth-order valence-electron chi connectivity index (χ4n) is 2.59. The summed E-state index contributed by atoms with van der Waals surface area (Å²) in [6.45, 7) is 3.92. The molecule has 26 heavy (non-hydrogen) atoms. The van der Waals surface area contributed by atoms with Gasteiger partial charge in [0, 0.05) is 5.02 Å². The van der Waals surface area contributed by atoms with E-state index in [9.17, 15) is 12.8 Å². The van der Waals surface area contributed by atoms with E-state index in [1.807, 2.05) is 18.2 Å². The molecule has 0 radical (unpaired) electrons. The van der Waals surface area contributed by atoms with Gasteiger partial charge < -0.3 is 0 Å². The van der Waals surface area contributed by atoms with Gasteiger partial charge in [-0.05, 0) is 49.7 Å². The number of nitrogens with zero attached hydrogens (tertiary/aromatic N) is 2. The lowest BCUT2D eigenvalue weighted by Gasteiger charge is -2.10. The van der Waals surface area contributed by atoms with Crippen LogP contribution in [0.25, 0.3) is 0 Å². The maximum atomic E-state index is 13.0. The van der Waals surface area contributed by atoms with Gasteiger partial charge in [-0.3, -0.25) is 9.40 Å². The molecular formula is C18H17ClFN3O2S. The summed E-state index contributed by atoms with van der Waals surface area (Å²) in [4.78, 5) is -0.0171. The van der Waals surface area contributed by atoms with E-state index in [0.717, 1.165) is 17.7 Å². The standard InChI is InChI=1S/C18H17ClFN3O2S/c1-12-18(22-26(24,25)16-9-7-15(20)8-10-16)13(2)23(21-12)11-14-5-3-4-6-17(14)19/h3-10,22H,11H2,1-2H3. The van der Waals surface area contributed by atoms with E-state index in [1.165, 1.54) is 12.1 Å². The molecule has 0 saturated heterocycles. The first-order valence-corrected chi connectivity index (χ1v) is 9.70. The quantitative estimate of drug-likeness (QED) is 0.708. The lowest BCUT2D eigenvalue weighted by atomic mass is 10.2. The van der Waals surface area contributed by atoms with E-state index in [0.29, 0.717) is 28.6 Å². The van der Waals surface area contributed by atoms with Gasteiger partial charge >= 0.3 is 0 Å². The van der Waals surface area contributed by atoms with Crippen LogP contribution < -0.4 is 4.72 Å². The van der Waals surface area contributed by atoms with E-state index in [-0.39, 0.29) is 4.90 Å². The molecule has 5 nitrogen and oxygen atoms in total. The van der Waals surface area contributed by atoms with Gasteiger partial charge in [-0.2, -0.15) is 5.10 Å². The number of aromatic nitrogens is 2. The van der Waals surface area contributed by atoms with Crippen LogP contribution >= 0.6 is 11.6 Å². The molecule has 0 atom stereocenters. The second-order valence-electron chi connectivity index (χ2n) is 5.85. The number of nitrogens with one attached hydrogen (secondary N) is 1. The summed E-state index contributed by atoms with van der Waals surface area (Å²) in [6, 6.07) is 12.1. The third-order valence-corrected chi connectivity index (χ3v) is 5.75. The predicted octanol–water partition coefficient (Wildman–Crippen LogP) is 4.14. The van der Waals surface area contributed by atoms with Gasteiger partial charge in [0.2, 0.25) is 0 Å². The maximum absolute atomic E-state index is 13.0. The van der Waals surface area contributed by atoms with Crippen molar-refractivity contribution in [2.45, 2.75) is 25.3 Å². The highest BCUT2D eigenvalue weighted by atomic mass is 35.5. The zero-order valence-electron chi connectivity index (χ0n) is 14.2. The molecule has 0 aliphatic rings. The Labute approximate surface area is 156 Å². The second-order valence-corrected chi connectivity index (χ2v) is 7.94. The van der Waals surface area contributed by atoms with Gasteiger partial charge in [-0.25, -0.2) is 12.8 Å². The zero-order chi connectivity index (χ0) is 18.9. The Hall–Kier alpha value is -2.38. The lowest BCUT2D eigenvalue weighted by Crippen LogP contribution is -2.14. The molecule has 0 fully saturated rings. The summed E-state index contributed by atoms with van der Waals surface area (Å²) >= 11 is 6.19. The van der Waals surface area contributed by atoms with E-state index < -0.39 is 15.8 Å². The van der Waals surface area contributed by atoms with Crippen LogP contribution in [0.5, 0.6) is 0 Å². The normalized spacial score (nSPS) is 11.5. The van der Waals surface area contributed by atoms with Gasteiger partial charge in [0.25, 0.3) is 10.0 Å². The van der Waals surface area contributed by atoms with Gasteiger partial charge in [-0.15, -0.1) is 0 Å². The van der Waals surface area contributed by atoms with Crippen molar-refractivity contribution in [1.82, 2.24) is 9.78 Å². The molecule has 136 valence electrons. The van der Waals surface area contributed by atoms with Crippen LogP contribution in [-0.2, 0) is 16.6 Å². The van der Waals surface area contributed by atoms with E-state index in [4.69, 9.17) is 11.6 Å². The predicted molar refractivity (Wildman–Crippen MR) is 99.5 cm³/mol. The smallest absolute Gasteiger partial charge is 0.262 e. The summed E-state index contributed by atoms with van der Waals surface area (Å²) in [5, 5.41) is 5.03. The van der Waals surface area contributed by atoms with Crippen LogP contribution in [0.2, 0.25) is 5.02 Å². The van der Waals surface area contributed by atoms with Gasteiger partial charge in [0.05, 0.1) is 28.5 Å². The number of rotatable bonds is 5. The van der Waals surface area contributed by atoms with Gasteiger partial charge in [-0.1, -0.05) is 29.8 Å². The summed E-state index contributed by atoms with van der Waals surface area (Å²) < 4.78 is 42.4. The number of hydrogen-bond acceptors (Lipinski definition) is 3. The van der Waals surface area contributed by atoms with E-state index in [2.05, 4.69) is 9.82 Å². The number of hydrogen-bond donors (Lipinski definition) is 1. The first-order chi connectivity index (χ1) is 12.3. The largest absolute Gasteiger partial charge is 0.276 e. The Bertz CT molecular complexity index is 1050. The summed E-state index contributed by atoms with van der Waals surface area (Å²) in [5.41, 5.74) is 2.49. The summed E-state index contributed by atoms with van der Waals surface area (Å²) in [6.07, 6.45) is 0. The minimum atomic E-state index is -3.84. The fourth-order valence-corrected chi connectivity index (χ4v) is 3.97. The molecule has 0 spiro atoms. The highest BCUT2D eigenvalue weighted by Crippen LogP contribution is 2.25. The average molecular weight is 394 g/mol. The molecule has 0 unspecified atom stereocenters. The zero-order valence-corrected chi connectivity index (χ0v) is 15.8. The molecular weight excluding hydrogens is 377 g/mol. The Morgan fingerprint density at radius 2 is 1.77 bits per heavy atom. The SMILES string of the molecule is Cc1nn(Cc2ccccc2Cl)c(C)c1NS(=O)(=O)c1ccc(F)cc1. The molecule has 1 heterocycles.